The molecule has 0 aromatic carbocycles. The molecule has 0 aliphatic carbocycles. The van der Waals surface area contributed by atoms with Crippen molar-refractivity contribution in [2.75, 3.05) is 33.0 Å². The van der Waals surface area contributed by atoms with Gasteiger partial charge in [-0.3, -0.25) is 0 Å². The Labute approximate surface area is 103 Å². The third-order valence-corrected chi connectivity index (χ3v) is 2.61. The van der Waals surface area contributed by atoms with Crippen LogP contribution in [0.5, 0.6) is 0 Å². The zero-order valence-electron chi connectivity index (χ0n) is 11.3. The van der Waals surface area contributed by atoms with Crippen molar-refractivity contribution in [3.8, 4) is 0 Å². The van der Waals surface area contributed by atoms with Crippen LogP contribution < -0.4 is 0 Å². The van der Waals surface area contributed by atoms with Gasteiger partial charge in [-0.1, -0.05) is 0 Å². The molecule has 1 fully saturated rings. The lowest BCUT2D eigenvalue weighted by Crippen LogP contribution is -2.58. The highest BCUT2D eigenvalue weighted by atomic mass is 16.9. The van der Waals surface area contributed by atoms with E-state index in [0.29, 0.717) is 39.5 Å². The number of hydrogen-bond acceptors (Lipinski definition) is 5. The van der Waals surface area contributed by atoms with E-state index in [4.69, 9.17) is 23.7 Å². The van der Waals surface area contributed by atoms with Gasteiger partial charge >= 0.3 is 5.97 Å². The molecule has 1 rings (SSSR count). The van der Waals surface area contributed by atoms with Gasteiger partial charge in [-0.25, -0.2) is 0 Å². The normalized spacial score (nSPS) is 21.9. The fraction of sp³-hybridized carbons (Fsp3) is 1.00. The third-order valence-electron chi connectivity index (χ3n) is 2.61. The molecule has 0 spiro atoms. The summed E-state index contributed by atoms with van der Waals surface area (Å²) in [6.45, 7) is 10.1. The standard InChI is InChI=1S/C12H24O5/c1-5-13-11(14-6-2)9-10-17-12(11,15-7-3)16-8-4/h5-10H2,1-4H3. The second-order valence-corrected chi connectivity index (χ2v) is 3.64. The molecule has 1 aliphatic heterocycles. The molecule has 1 saturated heterocycles. The van der Waals surface area contributed by atoms with Crippen molar-refractivity contribution in [2.45, 2.75) is 45.9 Å². The van der Waals surface area contributed by atoms with Gasteiger partial charge in [-0.15, -0.1) is 0 Å². The van der Waals surface area contributed by atoms with E-state index in [9.17, 15) is 0 Å². The van der Waals surface area contributed by atoms with Crippen LogP contribution in [-0.4, -0.2) is 44.8 Å². The molecule has 0 amide bonds. The topological polar surface area (TPSA) is 46.2 Å². The molecule has 0 bridgehead atoms. The Bertz CT molecular complexity index is 185. The van der Waals surface area contributed by atoms with Crippen molar-refractivity contribution in [1.29, 1.82) is 0 Å². The molecular formula is C12H24O5. The Balaban J connectivity index is 2.95. The highest BCUT2D eigenvalue weighted by molar-refractivity contribution is 4.88. The first kappa shape index (κ1) is 14.9. The van der Waals surface area contributed by atoms with Gasteiger partial charge in [0.1, 0.15) is 0 Å². The van der Waals surface area contributed by atoms with Gasteiger partial charge in [0.2, 0.25) is 0 Å². The summed E-state index contributed by atoms with van der Waals surface area (Å²) in [5.41, 5.74) is 0. The Morgan fingerprint density at radius 3 is 1.71 bits per heavy atom. The summed E-state index contributed by atoms with van der Waals surface area (Å²) in [5.74, 6) is -2.19. The summed E-state index contributed by atoms with van der Waals surface area (Å²) < 4.78 is 28.5. The van der Waals surface area contributed by atoms with Crippen LogP contribution in [0.2, 0.25) is 0 Å². The van der Waals surface area contributed by atoms with Gasteiger partial charge in [-0.2, -0.15) is 0 Å². The molecule has 0 aromatic heterocycles. The second kappa shape index (κ2) is 6.66. The van der Waals surface area contributed by atoms with Crippen molar-refractivity contribution in [1.82, 2.24) is 0 Å². The van der Waals surface area contributed by atoms with E-state index in [-0.39, 0.29) is 0 Å². The summed E-state index contributed by atoms with van der Waals surface area (Å²) in [6, 6.07) is 0. The van der Waals surface area contributed by atoms with Crippen molar-refractivity contribution >= 4 is 0 Å². The number of ether oxygens (including phenoxy) is 5. The maximum atomic E-state index is 5.75. The highest BCUT2D eigenvalue weighted by Gasteiger charge is 2.62. The largest absolute Gasteiger partial charge is 0.343 e. The zero-order chi connectivity index (χ0) is 12.8. The van der Waals surface area contributed by atoms with Crippen molar-refractivity contribution in [3.05, 3.63) is 0 Å². The van der Waals surface area contributed by atoms with Crippen LogP contribution in [0.4, 0.5) is 0 Å². The predicted octanol–water partition coefficient (Wildman–Crippen LogP) is 1.90. The van der Waals surface area contributed by atoms with E-state index in [1.54, 1.807) is 0 Å². The summed E-state index contributed by atoms with van der Waals surface area (Å²) in [4.78, 5) is 0. The van der Waals surface area contributed by atoms with E-state index in [0.717, 1.165) is 0 Å². The molecule has 0 radical (unpaired) electrons. The Morgan fingerprint density at radius 2 is 1.29 bits per heavy atom. The number of hydrogen-bond donors (Lipinski definition) is 0. The van der Waals surface area contributed by atoms with Crippen LogP contribution in [0.3, 0.4) is 0 Å². The average Bonchev–Trinajstić information content (AvgIpc) is 2.60. The second-order valence-electron chi connectivity index (χ2n) is 3.64. The van der Waals surface area contributed by atoms with Crippen molar-refractivity contribution in [2.24, 2.45) is 0 Å². The van der Waals surface area contributed by atoms with Gasteiger partial charge in [0.25, 0.3) is 5.79 Å². The summed E-state index contributed by atoms with van der Waals surface area (Å²) in [5, 5.41) is 0. The minimum atomic E-state index is -1.23. The van der Waals surface area contributed by atoms with E-state index in [2.05, 4.69) is 0 Å². The third kappa shape index (κ3) is 2.80. The van der Waals surface area contributed by atoms with E-state index >= 15 is 0 Å². The van der Waals surface area contributed by atoms with Gasteiger partial charge in [0.15, 0.2) is 0 Å². The van der Waals surface area contributed by atoms with Crippen LogP contribution in [0, 0.1) is 0 Å². The fourth-order valence-corrected chi connectivity index (χ4v) is 2.14. The lowest BCUT2D eigenvalue weighted by molar-refractivity contribution is -0.466. The molecule has 0 N–H and O–H groups in total. The van der Waals surface area contributed by atoms with E-state index in [1.165, 1.54) is 0 Å². The molecule has 5 nitrogen and oxygen atoms in total. The molecule has 0 unspecified atom stereocenters. The van der Waals surface area contributed by atoms with Crippen LogP contribution in [0.15, 0.2) is 0 Å². The molecule has 102 valence electrons. The minimum Gasteiger partial charge on any atom is -0.343 e. The number of rotatable bonds is 8. The molecule has 1 aliphatic rings. The maximum absolute atomic E-state index is 5.75. The smallest absolute Gasteiger partial charge is 0.340 e. The zero-order valence-corrected chi connectivity index (χ0v) is 11.3. The fourth-order valence-electron chi connectivity index (χ4n) is 2.14. The molecule has 0 atom stereocenters. The SMILES string of the molecule is CCOC1(OCC)CCOC1(OCC)OCC. The molecule has 5 heteroatoms. The van der Waals surface area contributed by atoms with Crippen molar-refractivity contribution in [3.63, 3.8) is 0 Å². The maximum Gasteiger partial charge on any atom is 0.340 e. The van der Waals surface area contributed by atoms with Crippen molar-refractivity contribution < 1.29 is 23.7 Å². The summed E-state index contributed by atoms with van der Waals surface area (Å²) >= 11 is 0. The Kier molecular flexibility index (Phi) is 5.82. The average molecular weight is 248 g/mol. The summed E-state index contributed by atoms with van der Waals surface area (Å²) in [7, 11) is 0. The van der Waals surface area contributed by atoms with Gasteiger partial charge in [0.05, 0.1) is 6.61 Å². The highest BCUT2D eigenvalue weighted by Crippen LogP contribution is 2.42. The molecule has 0 aromatic rings. The Hall–Kier alpha value is -0.200. The van der Waals surface area contributed by atoms with E-state index in [1.807, 2.05) is 27.7 Å². The lowest BCUT2D eigenvalue weighted by atomic mass is 10.2. The molecule has 17 heavy (non-hydrogen) atoms. The van der Waals surface area contributed by atoms with Crippen LogP contribution in [0.1, 0.15) is 34.1 Å². The first-order valence-corrected chi connectivity index (χ1v) is 6.40. The first-order valence-electron chi connectivity index (χ1n) is 6.40. The predicted molar refractivity (Wildman–Crippen MR) is 62.5 cm³/mol. The van der Waals surface area contributed by atoms with Gasteiger partial charge in [0, 0.05) is 32.8 Å². The van der Waals surface area contributed by atoms with Crippen LogP contribution >= 0.6 is 0 Å². The monoisotopic (exact) mass is 248 g/mol. The quantitative estimate of drug-likeness (QED) is 0.614. The van der Waals surface area contributed by atoms with Crippen LogP contribution in [-0.2, 0) is 23.7 Å². The Morgan fingerprint density at radius 1 is 0.824 bits per heavy atom. The molecule has 1 heterocycles. The van der Waals surface area contributed by atoms with Gasteiger partial charge in [-0.05, 0) is 27.7 Å². The minimum absolute atomic E-state index is 0.474. The molecular weight excluding hydrogens is 224 g/mol. The van der Waals surface area contributed by atoms with E-state index < -0.39 is 11.8 Å². The molecule has 0 saturated carbocycles. The van der Waals surface area contributed by atoms with Gasteiger partial charge < -0.3 is 23.7 Å². The lowest BCUT2D eigenvalue weighted by Gasteiger charge is -2.41. The van der Waals surface area contributed by atoms with Crippen LogP contribution in [0.25, 0.3) is 0 Å². The summed E-state index contributed by atoms with van der Waals surface area (Å²) in [6.07, 6.45) is 0.606. The first-order chi connectivity index (χ1) is 8.20.